The van der Waals surface area contributed by atoms with Crippen LogP contribution in [0.5, 0.6) is 0 Å². The summed E-state index contributed by atoms with van der Waals surface area (Å²) >= 11 is 0. The zero-order valence-electron chi connectivity index (χ0n) is 18.5. The van der Waals surface area contributed by atoms with Gasteiger partial charge in [-0.3, -0.25) is 9.59 Å². The Labute approximate surface area is 194 Å². The van der Waals surface area contributed by atoms with Crippen molar-refractivity contribution in [3.05, 3.63) is 59.7 Å². The fourth-order valence-corrected chi connectivity index (χ4v) is 5.65. The Morgan fingerprint density at radius 3 is 2.24 bits per heavy atom. The first-order chi connectivity index (χ1) is 15.9. The Balaban J connectivity index is 1.41. The molecule has 0 unspecified atom stereocenters. The molecule has 2 heterocycles. The molecule has 2 saturated heterocycles. The zero-order valence-corrected chi connectivity index (χ0v) is 19.4. The lowest BCUT2D eigenvalue weighted by atomic mass is 10.1. The lowest BCUT2D eigenvalue weighted by molar-refractivity contribution is -0.115. The standard InChI is InChI=1S/C24H29N3O5S/c28-23(25-22-7-3-2-6-21(22)24(29)26-14-16-32-17-15-26)18-19-8-10-20(11-9-19)33(30,31)27-12-4-1-5-13-27/h2-3,6-11H,1,4-5,12-18H2,(H,25,28). The number of piperidine rings is 1. The highest BCUT2D eigenvalue weighted by Crippen LogP contribution is 2.22. The predicted octanol–water partition coefficient (Wildman–Crippen LogP) is 2.51. The van der Waals surface area contributed by atoms with Crippen LogP contribution in [0.2, 0.25) is 0 Å². The molecule has 2 amide bonds. The number of nitrogens with one attached hydrogen (secondary N) is 1. The van der Waals surface area contributed by atoms with E-state index in [1.807, 2.05) is 0 Å². The average Bonchev–Trinajstić information content (AvgIpc) is 2.85. The third kappa shape index (κ3) is 5.61. The van der Waals surface area contributed by atoms with Crippen LogP contribution in [0, 0.1) is 0 Å². The van der Waals surface area contributed by atoms with Crippen molar-refractivity contribution in [2.45, 2.75) is 30.6 Å². The fourth-order valence-electron chi connectivity index (χ4n) is 4.13. The Morgan fingerprint density at radius 1 is 0.879 bits per heavy atom. The molecule has 2 aromatic rings. The molecule has 0 saturated carbocycles. The SMILES string of the molecule is O=C(Cc1ccc(S(=O)(=O)N2CCCCC2)cc1)Nc1ccccc1C(=O)N1CCOCC1. The number of carbonyl (C=O) groups excluding carboxylic acids is 2. The van der Waals surface area contributed by atoms with Crippen LogP contribution in [0.4, 0.5) is 5.69 Å². The highest BCUT2D eigenvalue weighted by molar-refractivity contribution is 7.89. The number of para-hydroxylation sites is 1. The Kier molecular flexibility index (Phi) is 7.42. The van der Waals surface area contributed by atoms with Gasteiger partial charge in [0.25, 0.3) is 5.91 Å². The van der Waals surface area contributed by atoms with Crippen molar-refractivity contribution in [3.63, 3.8) is 0 Å². The lowest BCUT2D eigenvalue weighted by Gasteiger charge is -2.27. The van der Waals surface area contributed by atoms with Crippen molar-refractivity contribution >= 4 is 27.5 Å². The summed E-state index contributed by atoms with van der Waals surface area (Å²) in [6.07, 6.45) is 2.89. The van der Waals surface area contributed by atoms with E-state index in [0.29, 0.717) is 56.2 Å². The molecule has 0 radical (unpaired) electrons. The van der Waals surface area contributed by atoms with Gasteiger partial charge in [-0.2, -0.15) is 4.31 Å². The van der Waals surface area contributed by atoms with Crippen molar-refractivity contribution in [1.82, 2.24) is 9.21 Å². The topological polar surface area (TPSA) is 96.0 Å². The Morgan fingerprint density at radius 2 is 1.55 bits per heavy atom. The highest BCUT2D eigenvalue weighted by atomic mass is 32.2. The maximum Gasteiger partial charge on any atom is 0.256 e. The van der Waals surface area contributed by atoms with Gasteiger partial charge in [-0.15, -0.1) is 0 Å². The molecule has 0 aromatic heterocycles. The lowest BCUT2D eigenvalue weighted by Crippen LogP contribution is -2.41. The molecule has 4 rings (SSSR count). The molecule has 1 N–H and O–H groups in total. The van der Waals surface area contributed by atoms with E-state index in [1.165, 1.54) is 4.31 Å². The number of hydrogen-bond donors (Lipinski definition) is 1. The van der Waals surface area contributed by atoms with Crippen molar-refractivity contribution in [2.24, 2.45) is 0 Å². The van der Waals surface area contributed by atoms with Crippen LogP contribution in [-0.2, 0) is 26.0 Å². The first-order valence-corrected chi connectivity index (χ1v) is 12.7. The molecule has 0 aliphatic carbocycles. The molecule has 176 valence electrons. The summed E-state index contributed by atoms with van der Waals surface area (Å²) in [5, 5.41) is 2.83. The van der Waals surface area contributed by atoms with Crippen molar-refractivity contribution < 1.29 is 22.7 Å². The van der Waals surface area contributed by atoms with E-state index in [9.17, 15) is 18.0 Å². The van der Waals surface area contributed by atoms with Gasteiger partial charge in [0.05, 0.1) is 35.8 Å². The van der Waals surface area contributed by atoms with Gasteiger partial charge in [0.2, 0.25) is 15.9 Å². The summed E-state index contributed by atoms with van der Waals surface area (Å²) in [5.41, 5.74) is 1.60. The number of benzene rings is 2. The van der Waals surface area contributed by atoms with Gasteiger partial charge < -0.3 is 15.0 Å². The smallest absolute Gasteiger partial charge is 0.256 e. The predicted molar refractivity (Wildman–Crippen MR) is 125 cm³/mol. The van der Waals surface area contributed by atoms with Gasteiger partial charge in [0.1, 0.15) is 0 Å². The minimum Gasteiger partial charge on any atom is -0.378 e. The van der Waals surface area contributed by atoms with E-state index in [4.69, 9.17) is 4.74 Å². The van der Waals surface area contributed by atoms with Gasteiger partial charge >= 0.3 is 0 Å². The average molecular weight is 472 g/mol. The van der Waals surface area contributed by atoms with Gasteiger partial charge in [0, 0.05) is 26.2 Å². The molecule has 0 atom stereocenters. The van der Waals surface area contributed by atoms with Crippen LogP contribution in [0.25, 0.3) is 0 Å². The van der Waals surface area contributed by atoms with Gasteiger partial charge in [-0.05, 0) is 42.7 Å². The summed E-state index contributed by atoms with van der Waals surface area (Å²) in [4.78, 5) is 27.5. The van der Waals surface area contributed by atoms with Crippen molar-refractivity contribution in [1.29, 1.82) is 0 Å². The fraction of sp³-hybridized carbons (Fsp3) is 0.417. The number of amides is 2. The number of carbonyl (C=O) groups is 2. The van der Waals surface area contributed by atoms with Crippen LogP contribution in [0.3, 0.4) is 0 Å². The van der Waals surface area contributed by atoms with Crippen LogP contribution in [0.1, 0.15) is 35.2 Å². The highest BCUT2D eigenvalue weighted by Gasteiger charge is 2.26. The van der Waals surface area contributed by atoms with E-state index in [1.54, 1.807) is 53.4 Å². The molecule has 0 spiro atoms. The number of hydrogen-bond acceptors (Lipinski definition) is 5. The summed E-state index contributed by atoms with van der Waals surface area (Å²) in [7, 11) is -3.50. The second-order valence-electron chi connectivity index (χ2n) is 8.28. The largest absolute Gasteiger partial charge is 0.378 e. The Hall–Kier alpha value is -2.75. The normalized spacial score (nSPS) is 17.5. The Bertz CT molecular complexity index is 1090. The third-order valence-electron chi connectivity index (χ3n) is 5.97. The molecular weight excluding hydrogens is 442 g/mol. The second-order valence-corrected chi connectivity index (χ2v) is 10.2. The van der Waals surface area contributed by atoms with Crippen LogP contribution in [-0.4, -0.2) is 68.8 Å². The van der Waals surface area contributed by atoms with E-state index < -0.39 is 10.0 Å². The zero-order chi connectivity index (χ0) is 23.3. The first-order valence-electron chi connectivity index (χ1n) is 11.3. The number of morpholine rings is 1. The molecule has 0 bridgehead atoms. The van der Waals surface area contributed by atoms with E-state index in [-0.39, 0.29) is 23.1 Å². The van der Waals surface area contributed by atoms with E-state index >= 15 is 0 Å². The van der Waals surface area contributed by atoms with Crippen LogP contribution in [0.15, 0.2) is 53.4 Å². The molecule has 2 aliphatic rings. The summed E-state index contributed by atoms with van der Waals surface area (Å²) < 4.78 is 32.4. The summed E-state index contributed by atoms with van der Waals surface area (Å²) in [5.74, 6) is -0.412. The van der Waals surface area contributed by atoms with Gasteiger partial charge in [-0.1, -0.05) is 30.7 Å². The molecule has 33 heavy (non-hydrogen) atoms. The molecule has 2 aliphatic heterocycles. The minimum absolute atomic E-state index is 0.0735. The van der Waals surface area contributed by atoms with Gasteiger partial charge in [0.15, 0.2) is 0 Å². The molecular formula is C24H29N3O5S. The first kappa shape index (κ1) is 23.4. The van der Waals surface area contributed by atoms with E-state index in [0.717, 1.165) is 19.3 Å². The minimum atomic E-state index is -3.50. The maximum absolute atomic E-state index is 12.9. The summed E-state index contributed by atoms with van der Waals surface area (Å²) in [6, 6.07) is 13.4. The monoisotopic (exact) mass is 471 g/mol. The molecule has 2 fully saturated rings. The maximum atomic E-state index is 12.9. The van der Waals surface area contributed by atoms with E-state index in [2.05, 4.69) is 5.32 Å². The molecule has 2 aromatic carbocycles. The molecule has 8 nitrogen and oxygen atoms in total. The molecule has 9 heteroatoms. The second kappa shape index (κ2) is 10.5. The number of sulfonamides is 1. The van der Waals surface area contributed by atoms with Gasteiger partial charge in [-0.25, -0.2) is 8.42 Å². The van der Waals surface area contributed by atoms with Crippen LogP contribution >= 0.6 is 0 Å². The summed E-state index contributed by atoms with van der Waals surface area (Å²) in [6.45, 7) is 3.15. The number of nitrogens with zero attached hydrogens (tertiary/aromatic N) is 2. The number of anilines is 1. The van der Waals surface area contributed by atoms with Crippen molar-refractivity contribution in [3.8, 4) is 0 Å². The van der Waals surface area contributed by atoms with Crippen molar-refractivity contribution in [2.75, 3.05) is 44.7 Å². The number of rotatable bonds is 6. The van der Waals surface area contributed by atoms with Crippen LogP contribution < -0.4 is 5.32 Å². The third-order valence-corrected chi connectivity index (χ3v) is 7.88. The number of ether oxygens (including phenoxy) is 1. The quantitative estimate of drug-likeness (QED) is 0.699.